The van der Waals surface area contributed by atoms with Crippen LogP contribution >= 0.6 is 0 Å². The summed E-state index contributed by atoms with van der Waals surface area (Å²) in [7, 11) is 0. The number of fused-ring (bicyclic) bond motifs is 1. The average molecular weight is 368 g/mol. The number of aliphatic imine (C=N–C) groups is 1. The van der Waals surface area contributed by atoms with Crippen molar-refractivity contribution in [3.63, 3.8) is 0 Å². The van der Waals surface area contributed by atoms with Gasteiger partial charge in [0.15, 0.2) is 5.88 Å². The van der Waals surface area contributed by atoms with Crippen LogP contribution in [0.2, 0.25) is 0 Å². The monoisotopic (exact) mass is 368 g/mol. The van der Waals surface area contributed by atoms with Gasteiger partial charge >= 0.3 is 0 Å². The SMILES string of the molecule is CCN(CC)CCNc1ccc(N=Cc2c(O)[nH]c3ccccc23)cc1F. The molecule has 27 heavy (non-hydrogen) atoms. The Kier molecular flexibility index (Phi) is 6.08. The number of para-hydroxylation sites is 1. The number of halogens is 1. The molecule has 0 aliphatic rings. The minimum Gasteiger partial charge on any atom is -0.494 e. The zero-order valence-electron chi connectivity index (χ0n) is 15.7. The molecular weight excluding hydrogens is 343 g/mol. The van der Waals surface area contributed by atoms with Crippen LogP contribution in [0, 0.1) is 5.82 Å². The highest BCUT2D eigenvalue weighted by Crippen LogP contribution is 2.26. The van der Waals surface area contributed by atoms with E-state index in [2.05, 4.69) is 34.0 Å². The van der Waals surface area contributed by atoms with E-state index < -0.39 is 0 Å². The highest BCUT2D eigenvalue weighted by atomic mass is 19.1. The molecule has 0 aliphatic carbocycles. The lowest BCUT2D eigenvalue weighted by molar-refractivity contribution is 0.316. The van der Waals surface area contributed by atoms with Crippen LogP contribution in [-0.4, -0.2) is 47.4 Å². The van der Waals surface area contributed by atoms with Gasteiger partial charge in [-0.3, -0.25) is 4.99 Å². The topological polar surface area (TPSA) is 63.6 Å². The minimum atomic E-state index is -0.340. The quantitative estimate of drug-likeness (QED) is 0.512. The number of aromatic hydroxyl groups is 1. The molecular formula is C21H25FN4O. The number of H-pyrrole nitrogens is 1. The highest BCUT2D eigenvalue weighted by Gasteiger charge is 2.08. The first-order valence-corrected chi connectivity index (χ1v) is 9.21. The molecule has 1 heterocycles. The van der Waals surface area contributed by atoms with Gasteiger partial charge in [-0.05, 0) is 31.3 Å². The Labute approximate surface area is 158 Å². The minimum absolute atomic E-state index is 0.0510. The number of aromatic nitrogens is 1. The van der Waals surface area contributed by atoms with E-state index in [1.807, 2.05) is 24.3 Å². The first kappa shape index (κ1) is 18.9. The Hall–Kier alpha value is -2.86. The Morgan fingerprint density at radius 1 is 1.19 bits per heavy atom. The van der Waals surface area contributed by atoms with Crippen molar-refractivity contribution in [3.05, 3.63) is 53.8 Å². The molecule has 1 aromatic heterocycles. The summed E-state index contributed by atoms with van der Waals surface area (Å²) in [4.78, 5) is 9.49. The molecule has 0 amide bonds. The summed E-state index contributed by atoms with van der Waals surface area (Å²) in [5.74, 6) is -0.289. The van der Waals surface area contributed by atoms with Gasteiger partial charge in [0, 0.05) is 36.3 Å². The van der Waals surface area contributed by atoms with Crippen molar-refractivity contribution in [2.75, 3.05) is 31.5 Å². The molecule has 0 bridgehead atoms. The van der Waals surface area contributed by atoms with E-state index >= 15 is 0 Å². The number of likely N-dealkylation sites (N-methyl/N-ethyl adjacent to an activating group) is 1. The Bertz CT molecular complexity index is 931. The summed E-state index contributed by atoms with van der Waals surface area (Å²) < 4.78 is 14.3. The third-order valence-corrected chi connectivity index (χ3v) is 4.66. The first-order chi connectivity index (χ1) is 13.1. The maximum absolute atomic E-state index is 14.3. The number of nitrogens with zero attached hydrogens (tertiary/aromatic N) is 2. The van der Waals surface area contributed by atoms with E-state index in [9.17, 15) is 9.50 Å². The molecule has 0 radical (unpaired) electrons. The van der Waals surface area contributed by atoms with Gasteiger partial charge in [0.1, 0.15) is 5.82 Å². The zero-order valence-corrected chi connectivity index (χ0v) is 15.7. The van der Waals surface area contributed by atoms with E-state index in [4.69, 9.17) is 0 Å². The van der Waals surface area contributed by atoms with Crippen molar-refractivity contribution < 1.29 is 9.50 Å². The second-order valence-corrected chi connectivity index (χ2v) is 6.31. The molecule has 142 valence electrons. The fraction of sp³-hybridized carbons (Fsp3) is 0.286. The molecule has 0 atom stereocenters. The average Bonchev–Trinajstić information content (AvgIpc) is 3.00. The Balaban J connectivity index is 1.70. The molecule has 3 rings (SSSR count). The Morgan fingerprint density at radius 2 is 1.96 bits per heavy atom. The molecule has 3 N–H and O–H groups in total. The van der Waals surface area contributed by atoms with Gasteiger partial charge in [0.2, 0.25) is 0 Å². The predicted molar refractivity (Wildman–Crippen MR) is 110 cm³/mol. The summed E-state index contributed by atoms with van der Waals surface area (Å²) >= 11 is 0. The van der Waals surface area contributed by atoms with Gasteiger partial charge in [0.05, 0.1) is 16.9 Å². The Morgan fingerprint density at radius 3 is 2.70 bits per heavy atom. The zero-order chi connectivity index (χ0) is 19.2. The van der Waals surface area contributed by atoms with E-state index in [0.29, 0.717) is 23.5 Å². The molecule has 0 spiro atoms. The van der Waals surface area contributed by atoms with Crippen LogP contribution in [-0.2, 0) is 0 Å². The summed E-state index contributed by atoms with van der Waals surface area (Å²) in [6.45, 7) is 7.74. The van der Waals surface area contributed by atoms with Crippen molar-refractivity contribution >= 4 is 28.5 Å². The van der Waals surface area contributed by atoms with E-state index in [1.165, 1.54) is 6.07 Å². The standard InChI is InChI=1S/C21H25FN4O/c1-3-26(4-2)12-11-23-20-10-9-15(13-18(20)22)24-14-17-16-7-5-6-8-19(16)25-21(17)27/h5-10,13-14,23,25,27H,3-4,11-12H2,1-2H3. The van der Waals surface area contributed by atoms with Crippen LogP contribution in [0.1, 0.15) is 19.4 Å². The summed E-state index contributed by atoms with van der Waals surface area (Å²) in [6, 6.07) is 12.4. The van der Waals surface area contributed by atoms with Gasteiger partial charge in [-0.2, -0.15) is 0 Å². The van der Waals surface area contributed by atoms with Gasteiger partial charge in [-0.25, -0.2) is 4.39 Å². The maximum Gasteiger partial charge on any atom is 0.198 e. The van der Waals surface area contributed by atoms with E-state index in [1.54, 1.807) is 18.3 Å². The van der Waals surface area contributed by atoms with Crippen molar-refractivity contribution in [3.8, 4) is 5.88 Å². The number of nitrogens with one attached hydrogen (secondary N) is 2. The number of benzene rings is 2. The summed E-state index contributed by atoms with van der Waals surface area (Å²) in [6.07, 6.45) is 1.55. The predicted octanol–water partition coefficient (Wildman–Crippen LogP) is 4.52. The molecule has 3 aromatic rings. The van der Waals surface area contributed by atoms with Crippen LogP contribution in [0.25, 0.3) is 10.9 Å². The van der Waals surface area contributed by atoms with Crippen molar-refractivity contribution in [2.24, 2.45) is 4.99 Å². The number of hydrogen-bond donors (Lipinski definition) is 3. The molecule has 5 nitrogen and oxygen atoms in total. The van der Waals surface area contributed by atoms with Crippen molar-refractivity contribution in [1.82, 2.24) is 9.88 Å². The number of hydrogen-bond acceptors (Lipinski definition) is 4. The second kappa shape index (κ2) is 8.68. The van der Waals surface area contributed by atoms with Gasteiger partial charge in [0.25, 0.3) is 0 Å². The first-order valence-electron chi connectivity index (χ1n) is 9.21. The normalized spacial score (nSPS) is 11.7. The highest BCUT2D eigenvalue weighted by molar-refractivity contribution is 6.02. The van der Waals surface area contributed by atoms with Crippen LogP contribution in [0.4, 0.5) is 15.8 Å². The fourth-order valence-electron chi connectivity index (χ4n) is 3.04. The fourth-order valence-corrected chi connectivity index (χ4v) is 3.04. The number of anilines is 1. The van der Waals surface area contributed by atoms with E-state index in [0.717, 1.165) is 30.5 Å². The van der Waals surface area contributed by atoms with Crippen LogP contribution in [0.5, 0.6) is 5.88 Å². The van der Waals surface area contributed by atoms with Gasteiger partial charge < -0.3 is 20.3 Å². The molecule has 0 saturated carbocycles. The lowest BCUT2D eigenvalue weighted by Gasteiger charge is -2.18. The summed E-state index contributed by atoms with van der Waals surface area (Å²) in [5, 5.41) is 14.1. The number of aromatic amines is 1. The molecule has 0 fully saturated rings. The van der Waals surface area contributed by atoms with Gasteiger partial charge in [-0.15, -0.1) is 0 Å². The largest absolute Gasteiger partial charge is 0.494 e. The molecule has 0 unspecified atom stereocenters. The molecule has 6 heteroatoms. The molecule has 0 saturated heterocycles. The van der Waals surface area contributed by atoms with E-state index in [-0.39, 0.29) is 11.7 Å². The maximum atomic E-state index is 14.3. The molecule has 2 aromatic carbocycles. The van der Waals surface area contributed by atoms with Crippen LogP contribution in [0.15, 0.2) is 47.5 Å². The lowest BCUT2D eigenvalue weighted by Crippen LogP contribution is -2.28. The van der Waals surface area contributed by atoms with Crippen LogP contribution in [0.3, 0.4) is 0 Å². The second-order valence-electron chi connectivity index (χ2n) is 6.31. The third kappa shape index (κ3) is 4.46. The van der Waals surface area contributed by atoms with Crippen molar-refractivity contribution in [1.29, 1.82) is 0 Å². The van der Waals surface area contributed by atoms with Gasteiger partial charge in [-0.1, -0.05) is 32.0 Å². The number of rotatable bonds is 8. The summed E-state index contributed by atoms with van der Waals surface area (Å²) in [5.41, 5.74) is 2.38. The lowest BCUT2D eigenvalue weighted by atomic mass is 10.2. The molecule has 0 aliphatic heterocycles. The smallest absolute Gasteiger partial charge is 0.198 e. The third-order valence-electron chi connectivity index (χ3n) is 4.66. The van der Waals surface area contributed by atoms with Crippen molar-refractivity contribution in [2.45, 2.75) is 13.8 Å². The van der Waals surface area contributed by atoms with Crippen LogP contribution < -0.4 is 5.32 Å².